The molecule has 0 saturated carbocycles. The Morgan fingerprint density at radius 2 is 0.913 bits per heavy atom. The fraction of sp³-hybridized carbons (Fsp3) is 1.00. The summed E-state index contributed by atoms with van der Waals surface area (Å²) in [6.45, 7) is -1.20. The number of thioether (sulfide) groups is 1. The van der Waals surface area contributed by atoms with E-state index < -0.39 is 72.9 Å². The minimum Gasteiger partial charge on any atom is -0.394 e. The van der Waals surface area contributed by atoms with Crippen molar-refractivity contribution in [2.24, 2.45) is 0 Å². The second-order valence-corrected chi connectivity index (χ2v) is 6.73. The average Bonchev–Trinajstić information content (AvgIpc) is 2.55. The highest BCUT2D eigenvalue weighted by Gasteiger charge is 2.49. The van der Waals surface area contributed by atoms with Crippen LogP contribution in [-0.4, -0.2) is 114 Å². The molecule has 2 aliphatic heterocycles. The molecular formula is C12H22O10S. The zero-order valence-corrected chi connectivity index (χ0v) is 12.8. The Morgan fingerprint density at radius 3 is 1.22 bits per heavy atom. The van der Waals surface area contributed by atoms with Gasteiger partial charge in [-0.2, -0.15) is 0 Å². The Morgan fingerprint density at radius 1 is 0.565 bits per heavy atom. The van der Waals surface area contributed by atoms with Crippen molar-refractivity contribution >= 4 is 11.8 Å². The molecule has 10 nitrogen and oxygen atoms in total. The summed E-state index contributed by atoms with van der Waals surface area (Å²) in [5.41, 5.74) is -2.35. The Bertz CT molecular complexity index is 349. The molecule has 0 aromatic rings. The molecular weight excluding hydrogens is 336 g/mol. The third-order valence-electron chi connectivity index (χ3n) is 3.97. The first kappa shape index (κ1) is 19.3. The van der Waals surface area contributed by atoms with Gasteiger partial charge in [0.15, 0.2) is 0 Å². The summed E-state index contributed by atoms with van der Waals surface area (Å²) in [5.74, 6) is 0. The van der Waals surface area contributed by atoms with Gasteiger partial charge in [-0.15, -0.1) is 0 Å². The topological polar surface area (TPSA) is 180 Å². The van der Waals surface area contributed by atoms with Crippen LogP contribution >= 0.6 is 11.8 Å². The average molecular weight is 358 g/mol. The molecule has 2 aliphatic rings. The summed E-state index contributed by atoms with van der Waals surface area (Å²) in [7, 11) is 0. The highest BCUT2D eigenvalue weighted by atomic mass is 32.2. The van der Waals surface area contributed by atoms with Gasteiger partial charge in [0.2, 0.25) is 0 Å². The predicted molar refractivity (Wildman–Crippen MR) is 75.1 cm³/mol. The van der Waals surface area contributed by atoms with Crippen molar-refractivity contribution < 1.29 is 50.3 Å². The van der Waals surface area contributed by atoms with Gasteiger partial charge in [-0.05, 0) is 0 Å². The van der Waals surface area contributed by atoms with Gasteiger partial charge in [-0.25, -0.2) is 0 Å². The minimum atomic E-state index is -1.58. The van der Waals surface area contributed by atoms with Gasteiger partial charge in [-0.1, -0.05) is 11.8 Å². The van der Waals surface area contributed by atoms with E-state index in [0.29, 0.717) is 11.8 Å². The zero-order valence-electron chi connectivity index (χ0n) is 12.0. The normalized spacial score (nSPS) is 51.7. The molecule has 8 N–H and O–H groups in total. The molecule has 2 fully saturated rings. The fourth-order valence-electron chi connectivity index (χ4n) is 2.49. The van der Waals surface area contributed by atoms with E-state index in [-0.39, 0.29) is 0 Å². The maximum absolute atomic E-state index is 9.94. The second-order valence-electron chi connectivity index (χ2n) is 5.53. The minimum absolute atomic E-state index is 0.601. The molecule has 10 atom stereocenters. The Labute approximate surface area is 135 Å². The number of ether oxygens (including phenoxy) is 2. The molecule has 2 saturated heterocycles. The van der Waals surface area contributed by atoms with Gasteiger partial charge in [-0.3, -0.25) is 0 Å². The third kappa shape index (κ3) is 3.80. The van der Waals surface area contributed by atoms with Crippen LogP contribution < -0.4 is 0 Å². The van der Waals surface area contributed by atoms with Gasteiger partial charge in [0, 0.05) is 0 Å². The van der Waals surface area contributed by atoms with Crippen molar-refractivity contribution in [3.8, 4) is 0 Å². The van der Waals surface area contributed by atoms with E-state index in [2.05, 4.69) is 0 Å². The molecule has 11 heteroatoms. The zero-order chi connectivity index (χ0) is 17.3. The van der Waals surface area contributed by atoms with Crippen LogP contribution in [0.25, 0.3) is 0 Å². The maximum atomic E-state index is 9.94. The molecule has 0 aromatic carbocycles. The Balaban J connectivity index is 2.07. The lowest BCUT2D eigenvalue weighted by Crippen LogP contribution is -2.60. The highest BCUT2D eigenvalue weighted by Crippen LogP contribution is 2.36. The van der Waals surface area contributed by atoms with Crippen LogP contribution in [0.1, 0.15) is 0 Å². The summed E-state index contributed by atoms with van der Waals surface area (Å²) in [4.78, 5) is 0. The summed E-state index contributed by atoms with van der Waals surface area (Å²) >= 11 is 0.699. The molecule has 0 bridgehead atoms. The van der Waals surface area contributed by atoms with Crippen molar-refractivity contribution in [2.45, 2.75) is 59.7 Å². The fourth-order valence-corrected chi connectivity index (χ4v) is 3.81. The molecule has 0 radical (unpaired) electrons. The molecule has 1 unspecified atom stereocenters. The smallest absolute Gasteiger partial charge is 0.134 e. The van der Waals surface area contributed by atoms with Crippen LogP contribution in [0.2, 0.25) is 0 Å². The Hall–Kier alpha value is -0.0500. The number of hydrogen-bond donors (Lipinski definition) is 8. The standard InChI is InChI=1S/C12H22O10S/c13-1-3-5(15)7(17)9(19)11(21-3)23-12-10(20)8(18)6(16)4(2-14)22-12/h3-20H,1-2H2/t3-,4-,5+,6+,7+,8+,9-,10-,11+,12?/m1/s1. The first-order valence-corrected chi connectivity index (χ1v) is 8.02. The van der Waals surface area contributed by atoms with Crippen LogP contribution in [0.4, 0.5) is 0 Å². The molecule has 136 valence electrons. The highest BCUT2D eigenvalue weighted by molar-refractivity contribution is 8.00. The summed E-state index contributed by atoms with van der Waals surface area (Å²) in [6.07, 6.45) is -11.5. The molecule has 0 aromatic heterocycles. The second kappa shape index (κ2) is 7.89. The lowest BCUT2D eigenvalue weighted by Gasteiger charge is -2.44. The lowest BCUT2D eigenvalue weighted by atomic mass is 10.0. The van der Waals surface area contributed by atoms with Gasteiger partial charge in [0.1, 0.15) is 59.7 Å². The van der Waals surface area contributed by atoms with Gasteiger partial charge < -0.3 is 50.3 Å². The van der Waals surface area contributed by atoms with Gasteiger partial charge >= 0.3 is 0 Å². The first-order valence-electron chi connectivity index (χ1n) is 7.08. The van der Waals surface area contributed by atoms with E-state index >= 15 is 0 Å². The van der Waals surface area contributed by atoms with Gasteiger partial charge in [0.05, 0.1) is 13.2 Å². The molecule has 2 heterocycles. The predicted octanol–water partition coefficient (Wildman–Crippen LogP) is -4.68. The van der Waals surface area contributed by atoms with E-state index in [0.717, 1.165) is 0 Å². The van der Waals surface area contributed by atoms with Crippen molar-refractivity contribution in [3.05, 3.63) is 0 Å². The van der Waals surface area contributed by atoms with E-state index in [1.807, 2.05) is 0 Å². The SMILES string of the molecule is OC[C@H]1O[C@@H](SC2O[C@H](CO)[C@H](O)[C@H](O)[C@H]2O)[C@H](O)[C@@H](O)[C@H]1O. The number of aliphatic hydroxyl groups excluding tert-OH is 8. The third-order valence-corrected chi connectivity index (χ3v) is 5.28. The van der Waals surface area contributed by atoms with Crippen LogP contribution in [-0.2, 0) is 9.47 Å². The lowest BCUT2D eigenvalue weighted by molar-refractivity contribution is -0.214. The summed E-state index contributed by atoms with van der Waals surface area (Å²) < 4.78 is 10.5. The quantitative estimate of drug-likeness (QED) is 0.242. The molecule has 2 rings (SSSR count). The monoisotopic (exact) mass is 358 g/mol. The maximum Gasteiger partial charge on any atom is 0.134 e. The van der Waals surface area contributed by atoms with Crippen LogP contribution in [0.3, 0.4) is 0 Å². The van der Waals surface area contributed by atoms with E-state index in [1.165, 1.54) is 0 Å². The number of rotatable bonds is 4. The van der Waals surface area contributed by atoms with E-state index in [1.54, 1.807) is 0 Å². The molecule has 0 spiro atoms. The summed E-state index contributed by atoms with van der Waals surface area (Å²) in [5, 5.41) is 77.0. The van der Waals surface area contributed by atoms with Crippen molar-refractivity contribution in [1.29, 1.82) is 0 Å². The van der Waals surface area contributed by atoms with E-state index in [9.17, 15) is 30.6 Å². The number of hydrogen-bond acceptors (Lipinski definition) is 11. The molecule has 23 heavy (non-hydrogen) atoms. The van der Waals surface area contributed by atoms with Crippen molar-refractivity contribution in [1.82, 2.24) is 0 Å². The van der Waals surface area contributed by atoms with Crippen molar-refractivity contribution in [3.63, 3.8) is 0 Å². The number of aliphatic hydroxyl groups is 8. The van der Waals surface area contributed by atoms with Crippen LogP contribution in [0.15, 0.2) is 0 Å². The first-order chi connectivity index (χ1) is 10.8. The van der Waals surface area contributed by atoms with Crippen LogP contribution in [0.5, 0.6) is 0 Å². The van der Waals surface area contributed by atoms with Crippen molar-refractivity contribution in [2.75, 3.05) is 13.2 Å². The Kier molecular flexibility index (Phi) is 6.61. The van der Waals surface area contributed by atoms with E-state index in [4.69, 9.17) is 19.7 Å². The van der Waals surface area contributed by atoms with Crippen LogP contribution in [0, 0.1) is 0 Å². The molecule has 0 amide bonds. The largest absolute Gasteiger partial charge is 0.394 e. The molecule has 0 aliphatic carbocycles. The van der Waals surface area contributed by atoms with Gasteiger partial charge in [0.25, 0.3) is 0 Å². The summed E-state index contributed by atoms with van der Waals surface area (Å²) in [6, 6.07) is 0.